The Labute approximate surface area is 177 Å². The predicted octanol–water partition coefficient (Wildman–Crippen LogP) is 2.36. The van der Waals surface area contributed by atoms with Crippen molar-refractivity contribution >= 4 is 11.8 Å². The maximum Gasteiger partial charge on any atom is 0.177 e. The van der Waals surface area contributed by atoms with E-state index in [1.165, 1.54) is 25.7 Å². The van der Waals surface area contributed by atoms with E-state index in [1.54, 1.807) is 21.1 Å². The molecule has 0 aliphatic carbocycles. The molecule has 170 valence electrons. The van der Waals surface area contributed by atoms with Gasteiger partial charge < -0.3 is 24.6 Å². The summed E-state index contributed by atoms with van der Waals surface area (Å²) in [5.74, 6) is -2.10. The number of carboxylic acids is 1. The molecule has 0 aromatic heterocycles. The summed E-state index contributed by atoms with van der Waals surface area (Å²) in [6.45, 7) is 2.17. The molecule has 0 saturated heterocycles. The molecule has 0 heterocycles. The Balaban J connectivity index is 4.15. The highest BCUT2D eigenvalue weighted by Gasteiger charge is 2.41. The molecule has 6 heteroatoms. The zero-order valence-corrected chi connectivity index (χ0v) is 19.0. The molecule has 0 fully saturated rings. The molecule has 0 aromatic carbocycles. The van der Waals surface area contributed by atoms with Crippen LogP contribution < -0.4 is 5.11 Å². The van der Waals surface area contributed by atoms with Gasteiger partial charge in [0.1, 0.15) is 6.54 Å². The Bertz CT molecular complexity index is 498. The van der Waals surface area contributed by atoms with Crippen molar-refractivity contribution in [2.24, 2.45) is 0 Å². The van der Waals surface area contributed by atoms with Crippen molar-refractivity contribution in [3.8, 4) is 0 Å². The summed E-state index contributed by atoms with van der Waals surface area (Å²) in [6, 6.07) is 0. The summed E-state index contributed by atoms with van der Waals surface area (Å²) in [4.78, 5) is 23.4. The van der Waals surface area contributed by atoms with Gasteiger partial charge in [-0.15, -0.1) is 0 Å². The average Bonchev–Trinajstić information content (AvgIpc) is 2.57. The van der Waals surface area contributed by atoms with Crippen LogP contribution in [0.3, 0.4) is 0 Å². The Kier molecular flexibility index (Phi) is 14.1. The normalized spacial score (nSPS) is 15.4. The fourth-order valence-corrected chi connectivity index (χ4v) is 3.52. The first-order chi connectivity index (χ1) is 13.5. The molecule has 29 heavy (non-hydrogen) atoms. The SMILES string of the molecule is CCCCCC/C=C\CCCCCC(O)CC(=O)C(O)(CC(=O)[O-])C[N+](C)(C)C. The van der Waals surface area contributed by atoms with Gasteiger partial charge in [0.05, 0.1) is 27.2 Å². The van der Waals surface area contributed by atoms with Crippen molar-refractivity contribution in [3.05, 3.63) is 12.2 Å². The number of aliphatic carboxylic acids is 1. The van der Waals surface area contributed by atoms with E-state index >= 15 is 0 Å². The van der Waals surface area contributed by atoms with Crippen LogP contribution in [0.25, 0.3) is 0 Å². The van der Waals surface area contributed by atoms with Crippen molar-refractivity contribution in [1.29, 1.82) is 0 Å². The van der Waals surface area contributed by atoms with Gasteiger partial charge >= 0.3 is 0 Å². The Hall–Kier alpha value is -1.24. The molecule has 0 amide bonds. The van der Waals surface area contributed by atoms with E-state index in [4.69, 9.17) is 0 Å². The summed E-state index contributed by atoms with van der Waals surface area (Å²) in [5, 5.41) is 31.7. The zero-order chi connectivity index (χ0) is 22.3. The molecule has 6 nitrogen and oxygen atoms in total. The maximum atomic E-state index is 12.5. The smallest absolute Gasteiger partial charge is 0.177 e. The summed E-state index contributed by atoms with van der Waals surface area (Å²) in [6.07, 6.45) is 13.2. The van der Waals surface area contributed by atoms with Crippen molar-refractivity contribution in [1.82, 2.24) is 0 Å². The monoisotopic (exact) mass is 413 g/mol. The summed E-state index contributed by atoms with van der Waals surface area (Å²) in [7, 11) is 5.30. The second-order valence-corrected chi connectivity index (χ2v) is 9.27. The molecule has 0 aromatic rings. The van der Waals surface area contributed by atoms with E-state index < -0.39 is 29.9 Å². The van der Waals surface area contributed by atoms with Crippen molar-refractivity contribution in [2.75, 3.05) is 27.7 Å². The number of allylic oxidation sites excluding steroid dienone is 2. The number of likely N-dealkylation sites (N-methyl/N-ethyl adjacent to an activating group) is 1. The number of carboxylic acid groups (broad SMARTS) is 1. The standard InChI is InChI=1S/C23H43NO5/c1-5-6-7-8-9-10-11-12-13-14-15-16-20(25)17-21(26)23(29,18-22(27)28)19-24(2,3)4/h10-11,20,25,29H,5-9,12-19H2,1-4H3/b11-10-. The first-order valence-electron chi connectivity index (χ1n) is 11.1. The molecule has 2 unspecified atom stereocenters. The lowest BCUT2D eigenvalue weighted by molar-refractivity contribution is -0.875. The van der Waals surface area contributed by atoms with Gasteiger partial charge in [-0.2, -0.15) is 0 Å². The Morgan fingerprint density at radius 2 is 1.55 bits per heavy atom. The third kappa shape index (κ3) is 15.3. The Morgan fingerprint density at radius 3 is 2.03 bits per heavy atom. The van der Waals surface area contributed by atoms with Gasteiger partial charge in [0.15, 0.2) is 11.4 Å². The minimum Gasteiger partial charge on any atom is -0.550 e. The largest absolute Gasteiger partial charge is 0.550 e. The molecule has 2 atom stereocenters. The highest BCUT2D eigenvalue weighted by molar-refractivity contribution is 5.91. The lowest BCUT2D eigenvalue weighted by atomic mass is 9.88. The van der Waals surface area contributed by atoms with Gasteiger partial charge in [-0.3, -0.25) is 4.79 Å². The van der Waals surface area contributed by atoms with Crippen LogP contribution in [-0.2, 0) is 9.59 Å². The minimum atomic E-state index is -2.01. The van der Waals surface area contributed by atoms with E-state index in [0.29, 0.717) is 6.42 Å². The van der Waals surface area contributed by atoms with E-state index in [9.17, 15) is 24.9 Å². The lowest BCUT2D eigenvalue weighted by Gasteiger charge is -2.35. The molecule has 0 aliphatic heterocycles. The zero-order valence-electron chi connectivity index (χ0n) is 19.0. The fraction of sp³-hybridized carbons (Fsp3) is 0.826. The Morgan fingerprint density at radius 1 is 1.00 bits per heavy atom. The predicted molar refractivity (Wildman–Crippen MR) is 114 cm³/mol. The van der Waals surface area contributed by atoms with Crippen molar-refractivity contribution in [2.45, 2.75) is 95.7 Å². The van der Waals surface area contributed by atoms with Crippen LogP contribution in [-0.4, -0.2) is 65.8 Å². The maximum absolute atomic E-state index is 12.5. The van der Waals surface area contributed by atoms with Gasteiger partial charge in [-0.05, 0) is 32.1 Å². The van der Waals surface area contributed by atoms with Gasteiger partial charge in [0.2, 0.25) is 0 Å². The minimum absolute atomic E-state index is 0.0443. The van der Waals surface area contributed by atoms with Gasteiger partial charge in [-0.25, -0.2) is 0 Å². The van der Waals surface area contributed by atoms with Crippen molar-refractivity contribution in [3.63, 3.8) is 0 Å². The first kappa shape index (κ1) is 27.8. The van der Waals surface area contributed by atoms with E-state index in [-0.39, 0.29) is 17.4 Å². The molecule has 0 rings (SSSR count). The molecule has 0 radical (unpaired) electrons. The number of ketones is 1. The molecule has 0 aliphatic rings. The summed E-state index contributed by atoms with van der Waals surface area (Å²) >= 11 is 0. The summed E-state index contributed by atoms with van der Waals surface area (Å²) < 4.78 is 0.234. The van der Waals surface area contributed by atoms with E-state index in [0.717, 1.165) is 32.1 Å². The molecule has 0 saturated carbocycles. The number of aliphatic hydroxyl groups is 2. The van der Waals surface area contributed by atoms with Gasteiger partial charge in [-0.1, -0.05) is 51.2 Å². The van der Waals surface area contributed by atoms with Crippen molar-refractivity contribution < 1.29 is 29.4 Å². The number of rotatable bonds is 18. The third-order valence-electron chi connectivity index (χ3n) is 4.91. The molecular formula is C23H43NO5. The molecule has 0 bridgehead atoms. The summed E-state index contributed by atoms with van der Waals surface area (Å²) in [5.41, 5.74) is -2.01. The average molecular weight is 414 g/mol. The number of unbranched alkanes of at least 4 members (excludes halogenated alkanes) is 7. The number of nitrogens with zero attached hydrogens (tertiary/aromatic N) is 1. The highest BCUT2D eigenvalue weighted by atomic mass is 16.4. The van der Waals surface area contributed by atoms with Crippen LogP contribution in [0.5, 0.6) is 0 Å². The van der Waals surface area contributed by atoms with E-state index in [1.807, 2.05) is 0 Å². The number of hydrogen-bond donors (Lipinski definition) is 2. The molecule has 0 spiro atoms. The quantitative estimate of drug-likeness (QED) is 0.204. The first-order valence-corrected chi connectivity index (χ1v) is 11.1. The van der Waals surface area contributed by atoms with Crippen LogP contribution in [0, 0.1) is 0 Å². The number of aliphatic hydroxyl groups excluding tert-OH is 1. The van der Waals surface area contributed by atoms with Crippen LogP contribution in [0.15, 0.2) is 12.2 Å². The second-order valence-electron chi connectivity index (χ2n) is 9.27. The fourth-order valence-electron chi connectivity index (χ4n) is 3.52. The van der Waals surface area contributed by atoms with Gasteiger partial charge in [0, 0.05) is 18.8 Å². The molecule has 2 N–H and O–H groups in total. The van der Waals surface area contributed by atoms with Crippen LogP contribution in [0.1, 0.15) is 84.0 Å². The van der Waals surface area contributed by atoms with Crippen LogP contribution in [0.2, 0.25) is 0 Å². The lowest BCUT2D eigenvalue weighted by Crippen LogP contribution is -2.56. The van der Waals surface area contributed by atoms with Gasteiger partial charge in [0.25, 0.3) is 0 Å². The van der Waals surface area contributed by atoms with E-state index in [2.05, 4.69) is 19.1 Å². The number of Topliss-reactive ketones (excluding diaryl/α,β-unsaturated/α-hetero) is 1. The topological polar surface area (TPSA) is 97.7 Å². The second kappa shape index (κ2) is 14.7. The van der Waals surface area contributed by atoms with Crippen LogP contribution in [0.4, 0.5) is 0 Å². The number of hydrogen-bond acceptors (Lipinski definition) is 5. The highest BCUT2D eigenvalue weighted by Crippen LogP contribution is 2.20. The number of carbonyl (C=O) groups excluding carboxylic acids is 2. The molecular weight excluding hydrogens is 370 g/mol. The third-order valence-corrected chi connectivity index (χ3v) is 4.91. The number of carbonyl (C=O) groups is 2. The number of quaternary nitrogens is 1. The van der Waals surface area contributed by atoms with Crippen LogP contribution >= 0.6 is 0 Å².